The number of hydrogen-bond donors (Lipinski definition) is 0. The van der Waals surface area contributed by atoms with Crippen molar-refractivity contribution in [2.75, 3.05) is 6.54 Å². The molecule has 0 radical (unpaired) electrons. The average molecular weight is 205 g/mol. The van der Waals surface area contributed by atoms with Crippen LogP contribution in [0, 0.1) is 11.3 Å². The highest BCUT2D eigenvalue weighted by Crippen LogP contribution is 2.26. The molecule has 0 spiro atoms. The lowest BCUT2D eigenvalue weighted by Gasteiger charge is -2.18. The fraction of sp³-hybridized carbons (Fsp3) is 0.400. The number of hydrazone groups is 1. The van der Waals surface area contributed by atoms with Crippen LogP contribution in [-0.2, 0) is 0 Å². The molecule has 0 unspecified atom stereocenters. The van der Waals surface area contributed by atoms with Crippen LogP contribution in [0.15, 0.2) is 22.6 Å². The molecule has 1 aliphatic rings. The summed E-state index contributed by atoms with van der Waals surface area (Å²) in [6, 6.07) is 6.05. The molecule has 0 aliphatic carbocycles. The Labute approximate surface area is 87.3 Å². The van der Waals surface area contributed by atoms with E-state index >= 15 is 0 Å². The normalized spacial score (nSPS) is 17.7. The third-order valence-corrected chi connectivity index (χ3v) is 3.16. The third kappa shape index (κ3) is 1.64. The van der Waals surface area contributed by atoms with Gasteiger partial charge in [-0.1, -0.05) is 6.07 Å². The number of nitrogens with zero attached hydrogens (tertiary/aromatic N) is 3. The first kappa shape index (κ1) is 9.22. The van der Waals surface area contributed by atoms with Crippen LogP contribution >= 0.6 is 11.3 Å². The standard InChI is InChI=1S/C10H11N3S/c1-8-4-5-13(12-8)9(7-11)10-3-2-6-14-10/h2-3,6,9H,4-5H2,1H3/t9-/m1/s1. The van der Waals surface area contributed by atoms with E-state index in [0.717, 1.165) is 23.6 Å². The maximum absolute atomic E-state index is 9.09. The highest BCUT2D eigenvalue weighted by molar-refractivity contribution is 7.10. The van der Waals surface area contributed by atoms with E-state index in [1.807, 2.05) is 29.4 Å². The van der Waals surface area contributed by atoms with Gasteiger partial charge in [0.05, 0.1) is 6.07 Å². The Balaban J connectivity index is 2.20. The van der Waals surface area contributed by atoms with Crippen LogP contribution in [0.3, 0.4) is 0 Å². The first-order valence-corrected chi connectivity index (χ1v) is 5.43. The Kier molecular flexibility index (Phi) is 2.51. The van der Waals surface area contributed by atoms with Gasteiger partial charge in [-0.05, 0) is 18.4 Å². The molecule has 0 saturated carbocycles. The molecule has 0 bridgehead atoms. The lowest BCUT2D eigenvalue weighted by atomic mass is 10.2. The minimum atomic E-state index is -0.201. The summed E-state index contributed by atoms with van der Waals surface area (Å²) in [4.78, 5) is 1.07. The van der Waals surface area contributed by atoms with E-state index in [1.165, 1.54) is 0 Å². The van der Waals surface area contributed by atoms with Gasteiger partial charge >= 0.3 is 0 Å². The van der Waals surface area contributed by atoms with E-state index in [2.05, 4.69) is 11.2 Å². The second-order valence-electron chi connectivity index (χ2n) is 3.30. The van der Waals surface area contributed by atoms with Crippen LogP contribution in [0.2, 0.25) is 0 Å². The van der Waals surface area contributed by atoms with Crippen molar-refractivity contribution in [3.05, 3.63) is 22.4 Å². The highest BCUT2D eigenvalue weighted by atomic mass is 32.1. The van der Waals surface area contributed by atoms with Crippen molar-refractivity contribution in [1.82, 2.24) is 5.01 Å². The molecule has 1 atom stereocenters. The lowest BCUT2D eigenvalue weighted by Crippen LogP contribution is -2.19. The van der Waals surface area contributed by atoms with Crippen molar-refractivity contribution in [3.8, 4) is 6.07 Å². The summed E-state index contributed by atoms with van der Waals surface area (Å²) in [6.45, 7) is 2.87. The van der Waals surface area contributed by atoms with Gasteiger partial charge in [-0.2, -0.15) is 10.4 Å². The molecule has 4 heteroatoms. The van der Waals surface area contributed by atoms with Crippen molar-refractivity contribution >= 4 is 17.0 Å². The summed E-state index contributed by atoms with van der Waals surface area (Å²) in [5.74, 6) is 0. The van der Waals surface area contributed by atoms with Gasteiger partial charge in [0, 0.05) is 23.6 Å². The summed E-state index contributed by atoms with van der Waals surface area (Å²) in [6.07, 6.45) is 0.976. The Morgan fingerprint density at radius 3 is 3.07 bits per heavy atom. The zero-order chi connectivity index (χ0) is 9.97. The summed E-state index contributed by atoms with van der Waals surface area (Å²) in [5, 5.41) is 17.3. The van der Waals surface area contributed by atoms with Crippen LogP contribution < -0.4 is 0 Å². The first-order chi connectivity index (χ1) is 6.81. The van der Waals surface area contributed by atoms with Gasteiger partial charge in [0.2, 0.25) is 0 Å². The first-order valence-electron chi connectivity index (χ1n) is 4.55. The Bertz CT molecular complexity index is 375. The Hall–Kier alpha value is -1.34. The molecule has 1 aromatic rings. The zero-order valence-corrected chi connectivity index (χ0v) is 8.79. The van der Waals surface area contributed by atoms with Crippen LogP contribution in [0.4, 0.5) is 0 Å². The monoisotopic (exact) mass is 205 g/mol. The van der Waals surface area contributed by atoms with Crippen molar-refractivity contribution in [2.45, 2.75) is 19.4 Å². The molecule has 0 fully saturated rings. The molecule has 0 N–H and O–H groups in total. The van der Waals surface area contributed by atoms with Gasteiger partial charge < -0.3 is 0 Å². The topological polar surface area (TPSA) is 39.4 Å². The predicted molar refractivity (Wildman–Crippen MR) is 57.1 cm³/mol. The third-order valence-electron chi connectivity index (χ3n) is 2.23. The van der Waals surface area contributed by atoms with Crippen molar-refractivity contribution < 1.29 is 0 Å². The van der Waals surface area contributed by atoms with Crippen molar-refractivity contribution in [2.24, 2.45) is 5.10 Å². The van der Waals surface area contributed by atoms with Crippen LogP contribution in [0.25, 0.3) is 0 Å². The van der Waals surface area contributed by atoms with E-state index in [-0.39, 0.29) is 6.04 Å². The number of thiophene rings is 1. The second kappa shape index (κ2) is 3.81. The molecule has 0 aromatic carbocycles. The SMILES string of the molecule is CC1=NN([C@H](C#N)c2cccs2)CC1. The fourth-order valence-corrected chi connectivity index (χ4v) is 2.28. The van der Waals surface area contributed by atoms with Gasteiger partial charge in [0.1, 0.15) is 0 Å². The molecule has 0 saturated heterocycles. The lowest BCUT2D eigenvalue weighted by molar-refractivity contribution is 0.278. The zero-order valence-electron chi connectivity index (χ0n) is 7.97. The highest BCUT2D eigenvalue weighted by Gasteiger charge is 2.22. The molecule has 1 aliphatic heterocycles. The van der Waals surface area contributed by atoms with E-state index in [1.54, 1.807) is 11.3 Å². The smallest absolute Gasteiger partial charge is 0.167 e. The Morgan fingerprint density at radius 2 is 2.57 bits per heavy atom. The molecule has 3 nitrogen and oxygen atoms in total. The summed E-state index contributed by atoms with van der Waals surface area (Å²) in [7, 11) is 0. The molecular weight excluding hydrogens is 194 g/mol. The predicted octanol–water partition coefficient (Wildman–Crippen LogP) is 2.39. The van der Waals surface area contributed by atoms with Gasteiger partial charge in [-0.15, -0.1) is 11.3 Å². The fourth-order valence-electron chi connectivity index (χ4n) is 1.51. The molecular formula is C10H11N3S. The van der Waals surface area contributed by atoms with E-state index < -0.39 is 0 Å². The average Bonchev–Trinajstić information content (AvgIpc) is 2.79. The maximum atomic E-state index is 9.09. The summed E-state index contributed by atoms with van der Waals surface area (Å²) < 4.78 is 0. The van der Waals surface area contributed by atoms with Crippen molar-refractivity contribution in [3.63, 3.8) is 0 Å². The van der Waals surface area contributed by atoms with Gasteiger partial charge in [-0.3, -0.25) is 5.01 Å². The minimum absolute atomic E-state index is 0.201. The number of nitriles is 1. The minimum Gasteiger partial charge on any atom is -0.274 e. The summed E-state index contributed by atoms with van der Waals surface area (Å²) in [5.41, 5.74) is 1.11. The largest absolute Gasteiger partial charge is 0.274 e. The van der Waals surface area contributed by atoms with Crippen LogP contribution in [0.5, 0.6) is 0 Å². The number of hydrogen-bond acceptors (Lipinski definition) is 4. The quantitative estimate of drug-likeness (QED) is 0.743. The maximum Gasteiger partial charge on any atom is 0.167 e. The molecule has 2 heterocycles. The second-order valence-corrected chi connectivity index (χ2v) is 4.27. The van der Waals surface area contributed by atoms with E-state index in [0.29, 0.717) is 0 Å². The van der Waals surface area contributed by atoms with Gasteiger partial charge in [-0.25, -0.2) is 0 Å². The molecule has 14 heavy (non-hydrogen) atoms. The van der Waals surface area contributed by atoms with Crippen LogP contribution in [0.1, 0.15) is 24.3 Å². The van der Waals surface area contributed by atoms with Gasteiger partial charge in [0.15, 0.2) is 6.04 Å². The summed E-state index contributed by atoms with van der Waals surface area (Å²) >= 11 is 1.61. The molecule has 72 valence electrons. The number of rotatable bonds is 2. The Morgan fingerprint density at radius 1 is 1.71 bits per heavy atom. The molecule has 1 aromatic heterocycles. The van der Waals surface area contributed by atoms with Crippen molar-refractivity contribution in [1.29, 1.82) is 5.26 Å². The molecule has 0 amide bonds. The molecule has 2 rings (SSSR count). The van der Waals surface area contributed by atoms with E-state index in [4.69, 9.17) is 5.26 Å². The van der Waals surface area contributed by atoms with Crippen LogP contribution in [-0.4, -0.2) is 17.3 Å². The van der Waals surface area contributed by atoms with E-state index in [9.17, 15) is 0 Å². The van der Waals surface area contributed by atoms with Gasteiger partial charge in [0.25, 0.3) is 0 Å².